The first kappa shape index (κ1) is 22.4. The highest BCUT2D eigenvalue weighted by Crippen LogP contribution is 2.39. The number of fused-ring (bicyclic) bond motifs is 1. The largest absolute Gasteiger partial charge is 0.367 e. The van der Waals surface area contributed by atoms with Gasteiger partial charge in [-0.05, 0) is 32.0 Å². The summed E-state index contributed by atoms with van der Waals surface area (Å²) in [6.45, 7) is 5.68. The number of morpholine rings is 1. The molecular weight excluding hydrogens is 442 g/mol. The Kier molecular flexibility index (Phi) is 6.01. The second-order valence-electron chi connectivity index (χ2n) is 8.67. The molecule has 2 aliphatic heterocycles. The first-order chi connectivity index (χ1) is 16.4. The molecule has 0 spiro atoms. The highest BCUT2D eigenvalue weighted by Gasteiger charge is 2.30. The number of rotatable bonds is 3. The summed E-state index contributed by atoms with van der Waals surface area (Å²) in [6.07, 6.45) is 3.31. The summed E-state index contributed by atoms with van der Waals surface area (Å²) in [6, 6.07) is 5.44. The molecule has 2 aliphatic rings. The normalized spacial score (nSPS) is 21.0. The van der Waals surface area contributed by atoms with Crippen LogP contribution < -0.4 is 4.90 Å². The lowest BCUT2D eigenvalue weighted by Gasteiger charge is -2.37. The third-order valence-corrected chi connectivity index (χ3v) is 6.09. The number of halogens is 2. The third-order valence-electron chi connectivity index (χ3n) is 6.09. The van der Waals surface area contributed by atoms with Gasteiger partial charge < -0.3 is 19.3 Å². The highest BCUT2D eigenvalue weighted by atomic mass is 19.1. The highest BCUT2D eigenvalue weighted by molar-refractivity contribution is 5.87. The number of H-pyrrole nitrogens is 1. The van der Waals surface area contributed by atoms with Crippen LogP contribution in [0.5, 0.6) is 0 Å². The fraction of sp³-hybridized carbons (Fsp3) is 0.375. The predicted octanol–water partition coefficient (Wildman–Crippen LogP) is 4.19. The predicted molar refractivity (Wildman–Crippen MR) is 124 cm³/mol. The van der Waals surface area contributed by atoms with Gasteiger partial charge in [-0.3, -0.25) is 5.10 Å². The van der Waals surface area contributed by atoms with Gasteiger partial charge in [-0.2, -0.15) is 5.10 Å². The van der Waals surface area contributed by atoms with Gasteiger partial charge >= 0.3 is 0 Å². The summed E-state index contributed by atoms with van der Waals surface area (Å²) in [5, 5.41) is 6.86. The molecule has 2 atom stereocenters. The zero-order valence-corrected chi connectivity index (χ0v) is 19.3. The molecule has 0 aliphatic carbocycles. The molecule has 5 rings (SSSR count). The van der Waals surface area contributed by atoms with E-state index in [0.717, 1.165) is 17.2 Å². The molecule has 4 heterocycles. The lowest BCUT2D eigenvalue weighted by Crippen LogP contribution is -2.43. The number of ether oxygens (including phenoxy) is 2. The SMILES string of the molecule is CC1=Nc2c(cc(N3C[C@@H](c4cn[nH]c4)O[C@@H](C)C3)nc2-c2ccc(F)cc2F)COCN1C. The van der Waals surface area contributed by atoms with Crippen LogP contribution in [0.4, 0.5) is 20.3 Å². The molecule has 0 unspecified atom stereocenters. The monoisotopic (exact) mass is 468 g/mol. The average Bonchev–Trinajstić information content (AvgIpc) is 3.34. The van der Waals surface area contributed by atoms with Crippen LogP contribution in [-0.4, -0.2) is 58.9 Å². The maximum atomic E-state index is 14.9. The molecule has 0 saturated carbocycles. The van der Waals surface area contributed by atoms with E-state index in [2.05, 4.69) is 15.1 Å². The summed E-state index contributed by atoms with van der Waals surface area (Å²) >= 11 is 0. The van der Waals surface area contributed by atoms with Crippen LogP contribution in [-0.2, 0) is 16.1 Å². The molecule has 10 heteroatoms. The minimum Gasteiger partial charge on any atom is -0.367 e. The van der Waals surface area contributed by atoms with Gasteiger partial charge in [0.05, 0.1) is 31.1 Å². The third kappa shape index (κ3) is 4.38. The Morgan fingerprint density at radius 1 is 1.18 bits per heavy atom. The van der Waals surface area contributed by atoms with Gasteiger partial charge in [0.2, 0.25) is 0 Å². The minimum atomic E-state index is -0.692. The van der Waals surface area contributed by atoms with Crippen LogP contribution in [0.3, 0.4) is 0 Å². The molecule has 34 heavy (non-hydrogen) atoms. The number of hydrogen-bond acceptors (Lipinski definition) is 7. The fourth-order valence-electron chi connectivity index (χ4n) is 4.23. The molecule has 3 aromatic rings. The number of aliphatic imine (C=N–C) groups is 1. The number of aromatic amines is 1. The zero-order chi connectivity index (χ0) is 23.8. The van der Waals surface area contributed by atoms with E-state index >= 15 is 0 Å². The number of hydrogen-bond donors (Lipinski definition) is 1. The molecule has 8 nitrogen and oxygen atoms in total. The van der Waals surface area contributed by atoms with Crippen LogP contribution in [0.15, 0.2) is 41.7 Å². The minimum absolute atomic E-state index is 0.0615. The second-order valence-corrected chi connectivity index (χ2v) is 8.67. The van der Waals surface area contributed by atoms with E-state index in [9.17, 15) is 8.78 Å². The lowest BCUT2D eigenvalue weighted by atomic mass is 10.0. The standard InChI is InChI=1S/C24H26F2N6O2/c1-14-10-32(11-21(34-14)17-8-27-28-9-17)22-6-16-12-33-13-31(3)15(2)29-23(16)24(30-22)19-5-4-18(25)7-20(19)26/h4-9,14,21H,10-13H2,1-3H3,(H,27,28)/t14-,21-/m0/s1. The van der Waals surface area contributed by atoms with Gasteiger partial charge in [0, 0.05) is 42.5 Å². The number of nitrogens with one attached hydrogen (secondary N) is 1. The van der Waals surface area contributed by atoms with E-state index in [4.69, 9.17) is 19.5 Å². The van der Waals surface area contributed by atoms with Crippen molar-refractivity contribution < 1.29 is 18.3 Å². The van der Waals surface area contributed by atoms with Crippen molar-refractivity contribution in [1.82, 2.24) is 20.1 Å². The Balaban J connectivity index is 1.64. The Labute approximate surface area is 196 Å². The van der Waals surface area contributed by atoms with Gasteiger partial charge in [0.15, 0.2) is 0 Å². The summed E-state index contributed by atoms with van der Waals surface area (Å²) in [7, 11) is 1.87. The van der Waals surface area contributed by atoms with Gasteiger partial charge in [0.25, 0.3) is 0 Å². The van der Waals surface area contributed by atoms with E-state index < -0.39 is 11.6 Å². The molecule has 1 fully saturated rings. The number of amidine groups is 1. The number of anilines is 1. The van der Waals surface area contributed by atoms with Crippen LogP contribution in [0.2, 0.25) is 0 Å². The molecule has 0 radical (unpaired) electrons. The second kappa shape index (κ2) is 9.11. The quantitative estimate of drug-likeness (QED) is 0.621. The van der Waals surface area contributed by atoms with Crippen LogP contribution >= 0.6 is 0 Å². The first-order valence-corrected chi connectivity index (χ1v) is 11.1. The van der Waals surface area contributed by atoms with Gasteiger partial charge in [-0.25, -0.2) is 18.8 Å². The average molecular weight is 469 g/mol. The number of nitrogens with zero attached hydrogens (tertiary/aromatic N) is 5. The molecule has 1 saturated heterocycles. The van der Waals surface area contributed by atoms with E-state index in [1.165, 1.54) is 12.1 Å². The Bertz CT molecular complexity index is 1220. The van der Waals surface area contributed by atoms with E-state index in [1.807, 2.05) is 38.1 Å². The number of aromatic nitrogens is 3. The molecule has 1 aromatic carbocycles. The van der Waals surface area contributed by atoms with Gasteiger partial charge in [-0.15, -0.1) is 0 Å². The van der Waals surface area contributed by atoms with Crippen LogP contribution in [0, 0.1) is 11.6 Å². The van der Waals surface area contributed by atoms with Crippen LogP contribution in [0.1, 0.15) is 31.1 Å². The van der Waals surface area contributed by atoms with Gasteiger partial charge in [0.1, 0.15) is 41.8 Å². The van der Waals surface area contributed by atoms with Crippen molar-refractivity contribution in [2.24, 2.45) is 4.99 Å². The van der Waals surface area contributed by atoms with Crippen molar-refractivity contribution in [1.29, 1.82) is 0 Å². The Morgan fingerprint density at radius 2 is 2.03 bits per heavy atom. The van der Waals surface area contributed by atoms with E-state index in [0.29, 0.717) is 42.9 Å². The Hall–Kier alpha value is -3.37. The fourth-order valence-corrected chi connectivity index (χ4v) is 4.23. The van der Waals surface area contributed by atoms with Crippen molar-refractivity contribution in [2.75, 3.05) is 31.8 Å². The van der Waals surface area contributed by atoms with Crippen molar-refractivity contribution in [2.45, 2.75) is 32.7 Å². The van der Waals surface area contributed by atoms with Crippen molar-refractivity contribution in [3.05, 3.63) is 59.4 Å². The molecule has 1 N–H and O–H groups in total. The van der Waals surface area contributed by atoms with E-state index in [-0.39, 0.29) is 24.4 Å². The van der Waals surface area contributed by atoms with Crippen molar-refractivity contribution >= 4 is 17.3 Å². The summed E-state index contributed by atoms with van der Waals surface area (Å²) in [5.41, 5.74) is 2.79. The van der Waals surface area contributed by atoms with Crippen molar-refractivity contribution in [3.8, 4) is 11.3 Å². The maximum absolute atomic E-state index is 14.9. The van der Waals surface area contributed by atoms with E-state index in [1.54, 1.807) is 6.20 Å². The molecule has 0 bridgehead atoms. The number of pyridine rings is 1. The molecule has 0 amide bonds. The first-order valence-electron chi connectivity index (χ1n) is 11.1. The molecule has 2 aromatic heterocycles. The smallest absolute Gasteiger partial charge is 0.135 e. The maximum Gasteiger partial charge on any atom is 0.135 e. The molecule has 178 valence electrons. The van der Waals surface area contributed by atoms with Crippen LogP contribution in [0.25, 0.3) is 11.3 Å². The lowest BCUT2D eigenvalue weighted by molar-refractivity contribution is -0.0176. The zero-order valence-electron chi connectivity index (χ0n) is 19.3. The summed E-state index contributed by atoms with van der Waals surface area (Å²) in [5.74, 6) is 0.0291. The summed E-state index contributed by atoms with van der Waals surface area (Å²) in [4.78, 5) is 13.6. The van der Waals surface area contributed by atoms with Gasteiger partial charge in [-0.1, -0.05) is 0 Å². The molecular formula is C24H26F2N6O2. The number of benzene rings is 1. The topological polar surface area (TPSA) is 78.9 Å². The van der Waals surface area contributed by atoms with Crippen molar-refractivity contribution in [3.63, 3.8) is 0 Å². The summed E-state index contributed by atoms with van der Waals surface area (Å²) < 4.78 is 40.6. The Morgan fingerprint density at radius 3 is 2.79 bits per heavy atom.